The number of methoxy groups -OCH3 is 1. The molecule has 4 rings (SSSR count). The van der Waals surface area contributed by atoms with Gasteiger partial charge in [-0.05, 0) is 55.8 Å². The number of carbonyl (C=O) groups is 1. The number of nitrogens with zero attached hydrogens (tertiary/aromatic N) is 4. The van der Waals surface area contributed by atoms with E-state index in [1.807, 2.05) is 24.4 Å². The van der Waals surface area contributed by atoms with Gasteiger partial charge in [0, 0.05) is 25.1 Å². The van der Waals surface area contributed by atoms with E-state index in [9.17, 15) is 4.79 Å². The third-order valence-corrected chi connectivity index (χ3v) is 5.57. The molecule has 1 saturated heterocycles. The monoisotopic (exact) mass is 405 g/mol. The van der Waals surface area contributed by atoms with E-state index in [2.05, 4.69) is 32.3 Å². The molecule has 156 valence electrons. The molecule has 0 bridgehead atoms. The molecule has 7 heteroatoms. The lowest BCUT2D eigenvalue weighted by molar-refractivity contribution is 0.0924. The highest BCUT2D eigenvalue weighted by Crippen LogP contribution is 2.26. The number of hydrogen-bond acceptors (Lipinski definition) is 5. The maximum absolute atomic E-state index is 12.8. The van der Waals surface area contributed by atoms with Crippen molar-refractivity contribution in [2.75, 3.05) is 26.7 Å². The van der Waals surface area contributed by atoms with Crippen LogP contribution in [0.4, 0.5) is 0 Å². The second-order valence-corrected chi connectivity index (χ2v) is 7.47. The minimum atomic E-state index is -0.116. The number of carbonyl (C=O) groups excluding carboxylic acids is 1. The van der Waals surface area contributed by atoms with Crippen LogP contribution in [-0.4, -0.2) is 52.1 Å². The van der Waals surface area contributed by atoms with E-state index >= 15 is 0 Å². The summed E-state index contributed by atoms with van der Waals surface area (Å²) < 4.78 is 7.09. The second-order valence-electron chi connectivity index (χ2n) is 7.47. The Morgan fingerprint density at radius 2 is 1.93 bits per heavy atom. The standard InChI is InChI=1S/C23H27N5O2/c1-30-20-8-5-18(6-9-20)21(27-12-3-2-4-13-27)16-26-23(29)19-7-10-22(25-15-19)28-14-11-24-17-28/h5-11,14-15,17,21H,2-4,12-13,16H2,1H3,(H,26,29). The van der Waals surface area contributed by atoms with Crippen LogP contribution in [0.1, 0.15) is 41.2 Å². The van der Waals surface area contributed by atoms with Gasteiger partial charge in [0.25, 0.3) is 5.91 Å². The average Bonchev–Trinajstić information content (AvgIpc) is 3.35. The molecule has 1 fully saturated rings. The van der Waals surface area contributed by atoms with Crippen LogP contribution in [0.3, 0.4) is 0 Å². The topological polar surface area (TPSA) is 72.3 Å². The first kappa shape index (κ1) is 20.1. The zero-order valence-electron chi connectivity index (χ0n) is 17.2. The number of nitrogens with one attached hydrogen (secondary N) is 1. The molecule has 2 aromatic heterocycles. The molecule has 1 atom stereocenters. The normalized spacial score (nSPS) is 15.5. The van der Waals surface area contributed by atoms with Crippen LogP contribution >= 0.6 is 0 Å². The molecular formula is C23H27N5O2. The third-order valence-electron chi connectivity index (χ3n) is 5.57. The van der Waals surface area contributed by atoms with E-state index in [0.717, 1.165) is 24.7 Å². The molecular weight excluding hydrogens is 378 g/mol. The summed E-state index contributed by atoms with van der Waals surface area (Å²) in [6, 6.07) is 11.9. The van der Waals surface area contributed by atoms with Crippen molar-refractivity contribution in [3.8, 4) is 11.6 Å². The summed E-state index contributed by atoms with van der Waals surface area (Å²) in [6.45, 7) is 2.65. The highest BCUT2D eigenvalue weighted by Gasteiger charge is 2.23. The van der Waals surface area contributed by atoms with Gasteiger partial charge in [0.05, 0.1) is 18.7 Å². The molecule has 1 aromatic carbocycles. The molecule has 0 spiro atoms. The summed E-state index contributed by atoms with van der Waals surface area (Å²) in [7, 11) is 1.67. The zero-order valence-corrected chi connectivity index (χ0v) is 17.2. The number of imidazole rings is 1. The number of hydrogen-bond donors (Lipinski definition) is 1. The first-order valence-electron chi connectivity index (χ1n) is 10.3. The van der Waals surface area contributed by atoms with Gasteiger partial charge in [-0.3, -0.25) is 14.3 Å². The zero-order chi connectivity index (χ0) is 20.8. The van der Waals surface area contributed by atoms with Crippen molar-refractivity contribution in [3.05, 3.63) is 72.4 Å². The van der Waals surface area contributed by atoms with E-state index in [4.69, 9.17) is 4.74 Å². The Kier molecular flexibility index (Phi) is 6.39. The van der Waals surface area contributed by atoms with Gasteiger partial charge >= 0.3 is 0 Å². The number of likely N-dealkylation sites (tertiary alicyclic amines) is 1. The molecule has 0 aliphatic carbocycles. The molecule has 1 aliphatic heterocycles. The van der Waals surface area contributed by atoms with Crippen LogP contribution < -0.4 is 10.1 Å². The first-order chi connectivity index (χ1) is 14.7. The van der Waals surface area contributed by atoms with Crippen LogP contribution in [0.25, 0.3) is 5.82 Å². The second kappa shape index (κ2) is 9.54. The van der Waals surface area contributed by atoms with Crippen LogP contribution in [0.5, 0.6) is 5.75 Å². The fourth-order valence-corrected chi connectivity index (χ4v) is 3.87. The van der Waals surface area contributed by atoms with E-state index in [-0.39, 0.29) is 11.9 Å². The van der Waals surface area contributed by atoms with E-state index in [1.165, 1.54) is 24.8 Å². The van der Waals surface area contributed by atoms with Crippen molar-refractivity contribution in [1.29, 1.82) is 0 Å². The van der Waals surface area contributed by atoms with Crippen LogP contribution in [-0.2, 0) is 0 Å². The predicted molar refractivity (Wildman–Crippen MR) is 115 cm³/mol. The van der Waals surface area contributed by atoms with Crippen molar-refractivity contribution in [3.63, 3.8) is 0 Å². The van der Waals surface area contributed by atoms with Gasteiger partial charge in [-0.2, -0.15) is 0 Å². The van der Waals surface area contributed by atoms with Crippen LogP contribution in [0.2, 0.25) is 0 Å². The molecule has 3 heterocycles. The molecule has 7 nitrogen and oxygen atoms in total. The number of amides is 1. The number of benzene rings is 1. The van der Waals surface area contributed by atoms with Crippen molar-refractivity contribution in [2.45, 2.75) is 25.3 Å². The van der Waals surface area contributed by atoms with Crippen LogP contribution in [0.15, 0.2) is 61.3 Å². The Labute approximate surface area is 176 Å². The molecule has 1 aliphatic rings. The summed E-state index contributed by atoms with van der Waals surface area (Å²) in [5.41, 5.74) is 1.73. The van der Waals surface area contributed by atoms with Crippen molar-refractivity contribution >= 4 is 5.91 Å². The molecule has 1 N–H and O–H groups in total. The van der Waals surface area contributed by atoms with Gasteiger partial charge in [0.2, 0.25) is 0 Å². The quantitative estimate of drug-likeness (QED) is 0.653. The lowest BCUT2D eigenvalue weighted by Crippen LogP contribution is -2.40. The van der Waals surface area contributed by atoms with Gasteiger partial charge < -0.3 is 10.1 Å². The van der Waals surface area contributed by atoms with E-state index < -0.39 is 0 Å². The van der Waals surface area contributed by atoms with Gasteiger partial charge in [0.15, 0.2) is 0 Å². The molecule has 1 amide bonds. The first-order valence-corrected chi connectivity index (χ1v) is 10.3. The highest BCUT2D eigenvalue weighted by molar-refractivity contribution is 5.93. The van der Waals surface area contributed by atoms with Gasteiger partial charge in [0.1, 0.15) is 17.9 Å². The summed E-state index contributed by atoms with van der Waals surface area (Å²) in [5, 5.41) is 3.11. The predicted octanol–water partition coefficient (Wildman–Crippen LogP) is 3.23. The van der Waals surface area contributed by atoms with E-state index in [0.29, 0.717) is 12.1 Å². The number of aromatic nitrogens is 3. The molecule has 30 heavy (non-hydrogen) atoms. The fraction of sp³-hybridized carbons (Fsp3) is 0.348. The van der Waals surface area contributed by atoms with Gasteiger partial charge in [-0.15, -0.1) is 0 Å². The minimum absolute atomic E-state index is 0.116. The summed E-state index contributed by atoms with van der Waals surface area (Å²) >= 11 is 0. The number of ether oxygens (including phenoxy) is 1. The maximum atomic E-state index is 12.8. The lowest BCUT2D eigenvalue weighted by atomic mass is 10.0. The molecule has 0 saturated carbocycles. The summed E-state index contributed by atoms with van der Waals surface area (Å²) in [4.78, 5) is 23.6. The number of piperidine rings is 1. The third kappa shape index (κ3) is 4.68. The average molecular weight is 406 g/mol. The Hall–Kier alpha value is -3.19. The molecule has 1 unspecified atom stereocenters. The largest absolute Gasteiger partial charge is 0.497 e. The summed E-state index contributed by atoms with van der Waals surface area (Å²) in [6.07, 6.45) is 10.5. The Morgan fingerprint density at radius 3 is 2.57 bits per heavy atom. The SMILES string of the molecule is COc1ccc(C(CNC(=O)c2ccc(-n3ccnc3)nc2)N2CCCCC2)cc1. The fourth-order valence-electron chi connectivity index (χ4n) is 3.87. The Bertz CT molecular complexity index is 933. The van der Waals surface area contributed by atoms with Gasteiger partial charge in [-0.1, -0.05) is 18.6 Å². The van der Waals surface area contributed by atoms with Crippen LogP contribution in [0, 0.1) is 0 Å². The number of pyridine rings is 1. The molecule has 0 radical (unpaired) electrons. The van der Waals surface area contributed by atoms with E-state index in [1.54, 1.807) is 36.5 Å². The smallest absolute Gasteiger partial charge is 0.252 e. The van der Waals surface area contributed by atoms with Crippen molar-refractivity contribution in [2.24, 2.45) is 0 Å². The maximum Gasteiger partial charge on any atom is 0.252 e. The minimum Gasteiger partial charge on any atom is -0.497 e. The lowest BCUT2D eigenvalue weighted by Gasteiger charge is -2.35. The van der Waals surface area contributed by atoms with Crippen molar-refractivity contribution in [1.82, 2.24) is 24.8 Å². The Morgan fingerprint density at radius 1 is 1.13 bits per heavy atom. The van der Waals surface area contributed by atoms with Gasteiger partial charge in [-0.25, -0.2) is 9.97 Å². The van der Waals surface area contributed by atoms with Crippen molar-refractivity contribution < 1.29 is 9.53 Å². The number of rotatable bonds is 7. The summed E-state index contributed by atoms with van der Waals surface area (Å²) in [5.74, 6) is 1.45. The Balaban J connectivity index is 1.45. The highest BCUT2D eigenvalue weighted by atomic mass is 16.5. The molecule has 3 aromatic rings.